The second-order valence-corrected chi connectivity index (χ2v) is 8.51. The molecule has 1 aliphatic carbocycles. The molecule has 2 aromatic rings. The van der Waals surface area contributed by atoms with E-state index in [4.69, 9.17) is 0 Å². The summed E-state index contributed by atoms with van der Waals surface area (Å²) in [7, 11) is 0. The van der Waals surface area contributed by atoms with Crippen molar-refractivity contribution < 1.29 is 9.90 Å². The van der Waals surface area contributed by atoms with E-state index >= 15 is 0 Å². The Hall–Kier alpha value is -2.01. The van der Waals surface area contributed by atoms with Gasteiger partial charge >= 0.3 is 6.09 Å². The third-order valence-corrected chi connectivity index (χ3v) is 6.40. The quantitative estimate of drug-likeness (QED) is 0.733. The van der Waals surface area contributed by atoms with E-state index in [1.54, 1.807) is 0 Å². The number of amides is 1. The van der Waals surface area contributed by atoms with Gasteiger partial charge in [-0.2, -0.15) is 0 Å². The van der Waals surface area contributed by atoms with E-state index in [9.17, 15) is 9.90 Å². The van der Waals surface area contributed by atoms with Crippen molar-refractivity contribution in [1.82, 2.24) is 5.32 Å². The molecule has 2 aliphatic rings. The fourth-order valence-electron chi connectivity index (χ4n) is 4.72. The third kappa shape index (κ3) is 3.09. The zero-order chi connectivity index (χ0) is 18.3. The van der Waals surface area contributed by atoms with Crippen LogP contribution >= 0.6 is 15.9 Å². The van der Waals surface area contributed by atoms with Crippen molar-refractivity contribution in [2.45, 2.75) is 32.2 Å². The lowest BCUT2D eigenvalue weighted by Crippen LogP contribution is -2.46. The predicted molar refractivity (Wildman–Crippen MR) is 107 cm³/mol. The molecule has 2 N–H and O–H groups in total. The van der Waals surface area contributed by atoms with Crippen molar-refractivity contribution in [3.05, 3.63) is 63.6 Å². The SMILES string of the molecule is Cc1cc(Br)cc(N2CCC3(CC2)Cc2ccccc2[C@H]3NC(=O)O)c1. The van der Waals surface area contributed by atoms with Crippen molar-refractivity contribution in [3.63, 3.8) is 0 Å². The van der Waals surface area contributed by atoms with Crippen molar-refractivity contribution >= 4 is 27.7 Å². The van der Waals surface area contributed by atoms with E-state index in [-0.39, 0.29) is 11.5 Å². The molecule has 1 aliphatic heterocycles. The summed E-state index contributed by atoms with van der Waals surface area (Å²) in [5.74, 6) is 0. The Morgan fingerprint density at radius 1 is 1.23 bits per heavy atom. The van der Waals surface area contributed by atoms with Gasteiger partial charge in [0.15, 0.2) is 0 Å². The fraction of sp³-hybridized carbons (Fsp3) is 0.381. The van der Waals surface area contributed by atoms with Crippen LogP contribution in [0.3, 0.4) is 0 Å². The first-order chi connectivity index (χ1) is 12.5. The average molecular weight is 415 g/mol. The van der Waals surface area contributed by atoms with Crippen molar-refractivity contribution in [2.75, 3.05) is 18.0 Å². The number of carbonyl (C=O) groups is 1. The van der Waals surface area contributed by atoms with Gasteiger partial charge < -0.3 is 15.3 Å². The van der Waals surface area contributed by atoms with Crippen LogP contribution in [-0.4, -0.2) is 24.3 Å². The number of carboxylic acid groups (broad SMARTS) is 1. The Morgan fingerprint density at radius 2 is 1.96 bits per heavy atom. The number of hydrogen-bond donors (Lipinski definition) is 2. The van der Waals surface area contributed by atoms with Gasteiger partial charge in [0.2, 0.25) is 0 Å². The van der Waals surface area contributed by atoms with Crippen molar-refractivity contribution in [3.8, 4) is 0 Å². The number of nitrogens with zero attached hydrogens (tertiary/aromatic N) is 1. The fourth-order valence-corrected chi connectivity index (χ4v) is 5.31. The van der Waals surface area contributed by atoms with Crippen molar-refractivity contribution in [1.29, 1.82) is 0 Å². The molecule has 1 fully saturated rings. The molecule has 0 aromatic heterocycles. The van der Waals surface area contributed by atoms with Crippen LogP contribution in [-0.2, 0) is 6.42 Å². The molecule has 1 heterocycles. The Kier molecular flexibility index (Phi) is 4.43. The highest BCUT2D eigenvalue weighted by Crippen LogP contribution is 2.52. The lowest BCUT2D eigenvalue weighted by Gasteiger charge is -2.44. The molecular weight excluding hydrogens is 392 g/mol. The Morgan fingerprint density at radius 3 is 2.65 bits per heavy atom. The van der Waals surface area contributed by atoms with Gasteiger partial charge in [-0.05, 0) is 61.1 Å². The average Bonchev–Trinajstić information content (AvgIpc) is 2.87. The Labute approximate surface area is 162 Å². The first kappa shape index (κ1) is 17.4. The van der Waals surface area contributed by atoms with Gasteiger partial charge in [-0.15, -0.1) is 0 Å². The van der Waals surface area contributed by atoms with E-state index in [1.165, 1.54) is 16.8 Å². The van der Waals surface area contributed by atoms with E-state index in [2.05, 4.69) is 69.5 Å². The molecule has 136 valence electrons. The first-order valence-electron chi connectivity index (χ1n) is 9.06. The number of fused-ring (bicyclic) bond motifs is 1. The summed E-state index contributed by atoms with van der Waals surface area (Å²) in [5, 5.41) is 12.2. The highest BCUT2D eigenvalue weighted by molar-refractivity contribution is 9.10. The standard InChI is InChI=1S/C21H23BrN2O2/c1-14-10-16(22)12-17(11-14)24-8-6-21(7-9-24)13-15-4-2-3-5-18(15)19(21)23-20(25)26/h2-5,10-12,19,23H,6-9,13H2,1H3,(H,25,26)/t19-/m1/s1. The minimum absolute atomic E-state index is 0.0143. The number of aryl methyl sites for hydroxylation is 1. The number of piperidine rings is 1. The maximum atomic E-state index is 11.4. The first-order valence-corrected chi connectivity index (χ1v) is 9.86. The van der Waals surface area contributed by atoms with Gasteiger partial charge in [0, 0.05) is 28.7 Å². The van der Waals surface area contributed by atoms with E-state index in [0.717, 1.165) is 42.4 Å². The van der Waals surface area contributed by atoms with Gasteiger partial charge in [-0.25, -0.2) is 4.79 Å². The molecule has 1 atom stereocenters. The van der Waals surface area contributed by atoms with Gasteiger partial charge in [0.1, 0.15) is 0 Å². The van der Waals surface area contributed by atoms with Crippen LogP contribution in [0.4, 0.5) is 10.5 Å². The smallest absolute Gasteiger partial charge is 0.405 e. The zero-order valence-electron chi connectivity index (χ0n) is 14.8. The number of benzene rings is 2. The second-order valence-electron chi connectivity index (χ2n) is 7.59. The molecule has 1 saturated heterocycles. The molecule has 5 heteroatoms. The predicted octanol–water partition coefficient (Wildman–Crippen LogP) is 4.91. The summed E-state index contributed by atoms with van der Waals surface area (Å²) in [4.78, 5) is 13.8. The van der Waals surface area contributed by atoms with Gasteiger partial charge in [-0.3, -0.25) is 0 Å². The number of hydrogen-bond acceptors (Lipinski definition) is 2. The molecule has 0 radical (unpaired) electrons. The minimum Gasteiger partial charge on any atom is -0.465 e. The summed E-state index contributed by atoms with van der Waals surface area (Å²) in [6.45, 7) is 4.00. The maximum absolute atomic E-state index is 11.4. The lowest BCUT2D eigenvalue weighted by atomic mass is 9.72. The second kappa shape index (κ2) is 6.62. The van der Waals surface area contributed by atoms with E-state index < -0.39 is 6.09 Å². The molecule has 4 rings (SSSR count). The van der Waals surface area contributed by atoms with E-state index in [0.29, 0.717) is 0 Å². The summed E-state index contributed by atoms with van der Waals surface area (Å²) in [5.41, 5.74) is 4.91. The monoisotopic (exact) mass is 414 g/mol. The number of anilines is 1. The van der Waals surface area contributed by atoms with Crippen LogP contribution in [0.2, 0.25) is 0 Å². The summed E-state index contributed by atoms with van der Waals surface area (Å²) >= 11 is 3.59. The molecule has 0 unspecified atom stereocenters. The molecular formula is C21H23BrN2O2. The van der Waals surface area contributed by atoms with Crippen LogP contribution in [0, 0.1) is 12.3 Å². The van der Waals surface area contributed by atoms with Crippen LogP contribution in [0.1, 0.15) is 35.6 Å². The number of halogens is 1. The minimum atomic E-state index is -0.934. The van der Waals surface area contributed by atoms with Crippen molar-refractivity contribution in [2.24, 2.45) is 5.41 Å². The zero-order valence-corrected chi connectivity index (χ0v) is 16.4. The van der Waals surface area contributed by atoms with Gasteiger partial charge in [0.25, 0.3) is 0 Å². The normalized spacial score (nSPS) is 20.8. The molecule has 1 amide bonds. The summed E-state index contributed by atoms with van der Waals surface area (Å²) in [6, 6.07) is 14.7. The summed E-state index contributed by atoms with van der Waals surface area (Å²) in [6.07, 6.45) is 1.99. The molecule has 2 aromatic carbocycles. The van der Waals surface area contributed by atoms with Crippen LogP contribution in [0.5, 0.6) is 0 Å². The van der Waals surface area contributed by atoms with Gasteiger partial charge in [-0.1, -0.05) is 40.2 Å². The molecule has 4 nitrogen and oxygen atoms in total. The summed E-state index contributed by atoms with van der Waals surface area (Å²) < 4.78 is 1.10. The van der Waals surface area contributed by atoms with Crippen LogP contribution in [0.15, 0.2) is 46.9 Å². The highest BCUT2D eigenvalue weighted by Gasteiger charge is 2.48. The molecule has 0 saturated carbocycles. The Balaban J connectivity index is 1.58. The molecule has 26 heavy (non-hydrogen) atoms. The van der Waals surface area contributed by atoms with Crippen LogP contribution in [0.25, 0.3) is 0 Å². The van der Waals surface area contributed by atoms with Gasteiger partial charge in [0.05, 0.1) is 6.04 Å². The Bertz CT molecular complexity index is 823. The topological polar surface area (TPSA) is 52.6 Å². The third-order valence-electron chi connectivity index (χ3n) is 5.94. The lowest BCUT2D eigenvalue weighted by molar-refractivity contribution is 0.141. The maximum Gasteiger partial charge on any atom is 0.405 e. The van der Waals surface area contributed by atoms with Crippen LogP contribution < -0.4 is 10.2 Å². The number of rotatable bonds is 2. The molecule has 1 spiro atoms. The van der Waals surface area contributed by atoms with E-state index in [1.807, 2.05) is 6.07 Å². The molecule has 0 bridgehead atoms. The number of nitrogens with one attached hydrogen (secondary N) is 1. The largest absolute Gasteiger partial charge is 0.465 e. The highest BCUT2D eigenvalue weighted by atomic mass is 79.9.